The van der Waals surface area contributed by atoms with Crippen molar-refractivity contribution < 1.29 is 4.42 Å². The van der Waals surface area contributed by atoms with Crippen molar-refractivity contribution in [2.24, 2.45) is 0 Å². The van der Waals surface area contributed by atoms with Crippen molar-refractivity contribution in [2.75, 3.05) is 0 Å². The van der Waals surface area contributed by atoms with E-state index >= 15 is 0 Å². The average molecular weight is 278 g/mol. The number of aromatic nitrogens is 4. The fourth-order valence-corrected chi connectivity index (χ4v) is 1.36. The van der Waals surface area contributed by atoms with Gasteiger partial charge < -0.3 is 4.42 Å². The van der Waals surface area contributed by atoms with E-state index in [-0.39, 0.29) is 0 Å². The minimum atomic E-state index is 0.756. The average Bonchev–Trinajstić information content (AvgIpc) is 2.52. The molecule has 0 unspecified atom stereocenters. The summed E-state index contributed by atoms with van der Waals surface area (Å²) in [6.45, 7) is 0. The molecule has 0 spiro atoms. The van der Waals surface area contributed by atoms with Crippen molar-refractivity contribution in [2.45, 2.75) is 0 Å². The molecular formula is C16H14N4O. The molecule has 5 nitrogen and oxygen atoms in total. The number of fused-ring (bicyclic) bond motifs is 1. The lowest BCUT2D eigenvalue weighted by atomic mass is 10.3. The molecule has 0 amide bonds. The summed E-state index contributed by atoms with van der Waals surface area (Å²) >= 11 is 0. The molecule has 0 aromatic carbocycles. The van der Waals surface area contributed by atoms with Crippen LogP contribution in [0, 0.1) is 0 Å². The predicted octanol–water partition coefficient (Wildman–Crippen LogP) is 3.39. The van der Waals surface area contributed by atoms with Gasteiger partial charge in [-0.2, -0.15) is 0 Å². The molecule has 0 N–H and O–H groups in total. The Bertz CT molecular complexity index is 680. The molecule has 0 fully saturated rings. The quantitative estimate of drug-likeness (QED) is 0.739. The zero-order chi connectivity index (χ0) is 14.6. The minimum Gasteiger partial charge on any atom is -0.473 e. The molecule has 0 aliphatic carbocycles. The van der Waals surface area contributed by atoms with E-state index < -0.39 is 0 Å². The number of pyridine rings is 1. The Hall–Kier alpha value is -3.08. The van der Waals surface area contributed by atoms with E-state index in [0.29, 0.717) is 0 Å². The summed E-state index contributed by atoms with van der Waals surface area (Å²) < 4.78 is 5.12. The van der Waals surface area contributed by atoms with Crippen molar-refractivity contribution in [3.05, 3.63) is 86.2 Å². The van der Waals surface area contributed by atoms with E-state index in [1.807, 2.05) is 0 Å². The molecule has 2 rings (SSSR count). The maximum atomic E-state index is 5.12. The molecule has 0 aliphatic heterocycles. The Morgan fingerprint density at radius 3 is 2.33 bits per heavy atom. The third kappa shape index (κ3) is 5.61. The lowest BCUT2D eigenvalue weighted by Gasteiger charge is -1.87. The molecule has 0 aliphatic rings. The maximum Gasteiger partial charge on any atom is 0.116 e. The first-order valence-electron chi connectivity index (χ1n) is 6.29. The highest BCUT2D eigenvalue weighted by Crippen LogP contribution is 2.02. The lowest BCUT2D eigenvalue weighted by Crippen LogP contribution is -1.76. The van der Waals surface area contributed by atoms with Crippen LogP contribution < -0.4 is 0 Å². The van der Waals surface area contributed by atoms with Gasteiger partial charge in [0.2, 0.25) is 0 Å². The molecule has 2 heterocycles. The topological polar surface area (TPSA) is 64.7 Å². The Balaban J connectivity index is 2.56. The Labute approximate surface area is 122 Å². The lowest BCUT2D eigenvalue weighted by molar-refractivity contribution is 0.554. The van der Waals surface area contributed by atoms with Gasteiger partial charge in [-0.3, -0.25) is 9.97 Å². The van der Waals surface area contributed by atoms with Crippen LogP contribution in [0.15, 0.2) is 90.7 Å². The summed E-state index contributed by atoms with van der Waals surface area (Å²) in [5.41, 5.74) is 0.756. The van der Waals surface area contributed by atoms with Crippen LogP contribution in [0.1, 0.15) is 0 Å². The second-order valence-corrected chi connectivity index (χ2v) is 3.77. The van der Waals surface area contributed by atoms with Crippen molar-refractivity contribution >= 4 is 10.9 Å². The molecule has 104 valence electrons. The van der Waals surface area contributed by atoms with Gasteiger partial charge in [-0.15, -0.1) is 0 Å². The normalized spacial score (nSPS) is 8.95. The van der Waals surface area contributed by atoms with Gasteiger partial charge in [0.1, 0.15) is 6.33 Å². The van der Waals surface area contributed by atoms with Gasteiger partial charge in [0.15, 0.2) is 0 Å². The predicted molar refractivity (Wildman–Crippen MR) is 80.3 cm³/mol. The first kappa shape index (κ1) is 14.3. The van der Waals surface area contributed by atoms with Crippen LogP contribution in [0.2, 0.25) is 0 Å². The van der Waals surface area contributed by atoms with E-state index in [4.69, 9.17) is 4.42 Å². The van der Waals surface area contributed by atoms with E-state index in [0.717, 1.165) is 10.9 Å². The van der Waals surface area contributed by atoms with Crippen LogP contribution in [-0.4, -0.2) is 19.9 Å². The maximum absolute atomic E-state index is 5.12. The molecule has 0 atom stereocenters. The molecule has 0 saturated heterocycles. The summed E-state index contributed by atoms with van der Waals surface area (Å²) in [7, 11) is 0. The monoisotopic (exact) mass is 278 g/mol. The highest BCUT2D eigenvalue weighted by Gasteiger charge is 1.86. The Kier molecular flexibility index (Phi) is 6.09. The summed E-state index contributed by atoms with van der Waals surface area (Å²) in [4.78, 5) is 16.5. The Morgan fingerprint density at radius 2 is 1.43 bits per heavy atom. The first-order chi connectivity index (χ1) is 10.5. The molecular weight excluding hydrogens is 264 g/mol. The summed E-state index contributed by atoms with van der Waals surface area (Å²) in [6, 6.07) is 10.7. The second-order valence-electron chi connectivity index (χ2n) is 3.77. The number of rotatable bonds is 0. The van der Waals surface area contributed by atoms with Gasteiger partial charge in [0.25, 0.3) is 0 Å². The van der Waals surface area contributed by atoms with Crippen LogP contribution in [0.5, 0.6) is 0 Å². The van der Waals surface area contributed by atoms with Gasteiger partial charge in [-0.25, -0.2) is 9.97 Å². The second kappa shape index (κ2) is 8.92. The van der Waals surface area contributed by atoms with Crippen LogP contribution in [0.3, 0.4) is 0 Å². The zero-order valence-corrected chi connectivity index (χ0v) is 11.3. The van der Waals surface area contributed by atoms with Gasteiger partial charge in [-0.05, 0) is 30.3 Å². The number of nitrogens with zero attached hydrogens (tertiary/aromatic N) is 4. The molecule has 21 heavy (non-hydrogen) atoms. The number of hydrogen-bond donors (Lipinski definition) is 0. The minimum absolute atomic E-state index is 0.756. The third-order valence-electron chi connectivity index (χ3n) is 2.30. The van der Waals surface area contributed by atoms with E-state index in [2.05, 4.69) is 19.9 Å². The number of hydrogen-bond acceptors (Lipinski definition) is 5. The van der Waals surface area contributed by atoms with Gasteiger partial charge in [0.05, 0.1) is 18.0 Å². The molecule has 0 bridgehead atoms. The Morgan fingerprint density at radius 1 is 0.714 bits per heavy atom. The van der Waals surface area contributed by atoms with Gasteiger partial charge >= 0.3 is 0 Å². The standard InChI is InChI=1S/C16H14N4O/c1-2-8-19-14-20-16-6-9-18-13-15(16)12-17-7-3-5-11-21-10-4-1/h1-14H. The molecule has 2 aromatic heterocycles. The largest absolute Gasteiger partial charge is 0.473 e. The van der Waals surface area contributed by atoms with Crippen LogP contribution in [-0.2, 0) is 0 Å². The van der Waals surface area contributed by atoms with Gasteiger partial charge in [-0.1, -0.05) is 6.07 Å². The smallest absolute Gasteiger partial charge is 0.116 e. The highest BCUT2D eigenvalue weighted by atomic mass is 16.3. The highest BCUT2D eigenvalue weighted by molar-refractivity contribution is 5.74. The fourth-order valence-electron chi connectivity index (χ4n) is 1.36. The van der Waals surface area contributed by atoms with Crippen molar-refractivity contribution in [3.8, 4) is 0 Å². The molecule has 2 aromatic rings. The molecule has 0 saturated carbocycles. The van der Waals surface area contributed by atoms with Crippen LogP contribution >= 0.6 is 0 Å². The molecule has 5 heteroatoms. The van der Waals surface area contributed by atoms with E-state index in [1.54, 1.807) is 79.9 Å². The van der Waals surface area contributed by atoms with Crippen LogP contribution in [0.25, 0.3) is 10.9 Å². The van der Waals surface area contributed by atoms with Gasteiger partial charge in [0, 0.05) is 36.4 Å². The summed E-state index contributed by atoms with van der Waals surface area (Å²) in [6.07, 6.45) is 13.0. The van der Waals surface area contributed by atoms with E-state index in [9.17, 15) is 0 Å². The zero-order valence-electron chi connectivity index (χ0n) is 11.3. The first-order valence-corrected chi connectivity index (χ1v) is 6.29. The third-order valence-corrected chi connectivity index (χ3v) is 2.30. The SMILES string of the molecule is c1ccncnc2ccncc2cnccccocc1. The molecule has 0 radical (unpaired) electrons. The van der Waals surface area contributed by atoms with Crippen molar-refractivity contribution in [1.29, 1.82) is 0 Å². The van der Waals surface area contributed by atoms with Crippen molar-refractivity contribution in [1.82, 2.24) is 19.9 Å². The summed E-state index contributed by atoms with van der Waals surface area (Å²) in [5, 5.41) is 0.815. The van der Waals surface area contributed by atoms with E-state index in [1.165, 1.54) is 6.33 Å². The van der Waals surface area contributed by atoms with Crippen molar-refractivity contribution in [3.63, 3.8) is 0 Å². The van der Waals surface area contributed by atoms with Crippen LogP contribution in [0.4, 0.5) is 0 Å². The summed E-state index contributed by atoms with van der Waals surface area (Å²) in [5.74, 6) is 0. The fraction of sp³-hybridized carbons (Fsp3) is 0.